The normalized spacial score (nSPS) is 14.0. The van der Waals surface area contributed by atoms with E-state index in [4.69, 9.17) is 29.6 Å². The van der Waals surface area contributed by atoms with Gasteiger partial charge in [-0.15, -0.1) is 5.10 Å². The van der Waals surface area contributed by atoms with Crippen molar-refractivity contribution >= 4 is 16.4 Å². The average Bonchev–Trinajstić information content (AvgIpc) is 3.62. The van der Waals surface area contributed by atoms with E-state index in [1.165, 1.54) is 0 Å². The Balaban J connectivity index is 1.39. The van der Waals surface area contributed by atoms with Gasteiger partial charge in [0.2, 0.25) is 11.8 Å². The smallest absolute Gasteiger partial charge is 0.230 e. The highest BCUT2D eigenvalue weighted by Crippen LogP contribution is 2.51. The fraction of sp³-hybridized carbons (Fsp3) is 0.0909. The first kappa shape index (κ1) is 24.1. The molecule has 1 aliphatic rings. The molecule has 204 valence electrons. The van der Waals surface area contributed by atoms with Crippen molar-refractivity contribution in [1.82, 2.24) is 29.4 Å². The zero-order chi connectivity index (χ0) is 28.4. The monoisotopic (exact) mass is 552 g/mol. The van der Waals surface area contributed by atoms with Gasteiger partial charge < -0.3 is 14.6 Å². The lowest BCUT2D eigenvalue weighted by Crippen LogP contribution is -2.16. The Kier molecular flexibility index (Phi) is 5.27. The molecule has 0 spiro atoms. The lowest BCUT2D eigenvalue weighted by Gasteiger charge is -2.27. The molecule has 0 bridgehead atoms. The molecule has 0 saturated heterocycles. The van der Waals surface area contributed by atoms with E-state index in [1.807, 2.05) is 103 Å². The molecule has 4 aromatic carbocycles. The summed E-state index contributed by atoms with van der Waals surface area (Å²) in [6, 6.07) is 29.3. The Labute approximate surface area is 240 Å². The zero-order valence-corrected chi connectivity index (χ0v) is 22.8. The molecular formula is C33H24N6O3. The Hall–Kier alpha value is -5.70. The number of para-hydroxylation sites is 2. The fourth-order valence-corrected chi connectivity index (χ4v) is 5.89. The summed E-state index contributed by atoms with van der Waals surface area (Å²) in [5.41, 5.74) is 5.34. The molecule has 0 radical (unpaired) electrons. The summed E-state index contributed by atoms with van der Waals surface area (Å²) in [5.74, 6) is 1.87. The van der Waals surface area contributed by atoms with Gasteiger partial charge in [-0.3, -0.25) is 0 Å². The van der Waals surface area contributed by atoms with E-state index >= 15 is 0 Å². The number of ether oxygens (including phenoxy) is 2. The Morgan fingerprint density at radius 3 is 2.50 bits per heavy atom. The summed E-state index contributed by atoms with van der Waals surface area (Å²) in [4.78, 5) is 9.66. The van der Waals surface area contributed by atoms with Crippen LogP contribution in [0.1, 0.15) is 28.3 Å². The summed E-state index contributed by atoms with van der Waals surface area (Å²) in [5, 5.41) is 22.5. The molecule has 0 amide bonds. The first-order valence-electron chi connectivity index (χ1n) is 13.5. The molecule has 4 heterocycles. The van der Waals surface area contributed by atoms with E-state index < -0.39 is 0 Å². The molecule has 8 rings (SSSR count). The number of fused-ring (bicyclic) bond motifs is 5. The summed E-state index contributed by atoms with van der Waals surface area (Å²) >= 11 is 0. The minimum atomic E-state index is -0.365. The van der Waals surface area contributed by atoms with Crippen LogP contribution >= 0.6 is 0 Å². The largest absolute Gasteiger partial charge is 0.507 e. The third-order valence-electron chi connectivity index (χ3n) is 7.81. The lowest BCUT2D eigenvalue weighted by molar-refractivity contribution is 0.393. The van der Waals surface area contributed by atoms with Crippen molar-refractivity contribution in [1.29, 1.82) is 0 Å². The third-order valence-corrected chi connectivity index (χ3v) is 7.81. The Bertz CT molecular complexity index is 2150. The highest BCUT2D eigenvalue weighted by atomic mass is 16.5. The first-order chi connectivity index (χ1) is 20.6. The highest BCUT2D eigenvalue weighted by Gasteiger charge is 2.39. The van der Waals surface area contributed by atoms with Crippen LogP contribution in [-0.2, 0) is 0 Å². The minimum Gasteiger partial charge on any atom is -0.507 e. The number of methoxy groups -OCH3 is 1. The number of rotatable bonds is 4. The molecule has 1 aliphatic heterocycles. The van der Waals surface area contributed by atoms with E-state index in [0.29, 0.717) is 28.8 Å². The third kappa shape index (κ3) is 3.50. The van der Waals surface area contributed by atoms with Crippen molar-refractivity contribution in [3.8, 4) is 40.3 Å². The van der Waals surface area contributed by atoms with Gasteiger partial charge >= 0.3 is 0 Å². The van der Waals surface area contributed by atoms with Crippen LogP contribution in [-0.4, -0.2) is 41.6 Å². The van der Waals surface area contributed by atoms with Crippen LogP contribution < -0.4 is 9.47 Å². The van der Waals surface area contributed by atoms with Crippen LogP contribution in [0.25, 0.3) is 33.5 Å². The van der Waals surface area contributed by atoms with Crippen molar-refractivity contribution in [2.45, 2.75) is 12.8 Å². The number of aromatic hydroxyl groups is 1. The highest BCUT2D eigenvalue weighted by molar-refractivity contribution is 5.94. The maximum absolute atomic E-state index is 11.2. The van der Waals surface area contributed by atoms with Crippen LogP contribution in [0.2, 0.25) is 0 Å². The molecular weight excluding hydrogens is 528 g/mol. The standard InChI is InChI=1S/C33H24N6O3/c1-19-26-27(23-14-8-9-15-25(23)41-2)28-31-35-30(24-17-16-20-10-6-7-13-22(20)29(24)40)37-38(31)18-34-32(28)42-33(26)39(36-19)21-11-4-3-5-12-21/h3-18,27,40H,1-2H3/t27-/m0/s1. The van der Waals surface area contributed by atoms with Crippen LogP contribution in [0.3, 0.4) is 0 Å². The number of hydrogen-bond donors (Lipinski definition) is 1. The van der Waals surface area contributed by atoms with Crippen molar-refractivity contribution in [2.24, 2.45) is 0 Å². The van der Waals surface area contributed by atoms with Gasteiger partial charge in [0.1, 0.15) is 17.8 Å². The van der Waals surface area contributed by atoms with E-state index in [-0.39, 0.29) is 11.7 Å². The van der Waals surface area contributed by atoms with Gasteiger partial charge in [0.05, 0.1) is 41.1 Å². The SMILES string of the molecule is COc1ccccc1[C@H]1c2c(C)nn(-c3ccccc3)c2Oc2ncn3nc(-c4ccc5ccccc5c4O)nc3c21. The second kappa shape index (κ2) is 9.17. The van der Waals surface area contributed by atoms with E-state index in [1.54, 1.807) is 18.0 Å². The predicted octanol–water partition coefficient (Wildman–Crippen LogP) is 6.44. The molecule has 42 heavy (non-hydrogen) atoms. The number of phenolic OH excluding ortho intramolecular Hbond substituents is 1. The summed E-state index contributed by atoms with van der Waals surface area (Å²) in [6.45, 7) is 1.98. The molecule has 0 aliphatic carbocycles. The molecule has 1 N–H and O–H groups in total. The van der Waals surface area contributed by atoms with Gasteiger partial charge in [-0.25, -0.2) is 19.2 Å². The Morgan fingerprint density at radius 1 is 0.857 bits per heavy atom. The molecule has 1 atom stereocenters. The van der Waals surface area contributed by atoms with Crippen LogP contribution in [0.15, 0.2) is 97.3 Å². The van der Waals surface area contributed by atoms with Gasteiger partial charge in [0.15, 0.2) is 11.5 Å². The van der Waals surface area contributed by atoms with Gasteiger partial charge in [0.25, 0.3) is 0 Å². The maximum atomic E-state index is 11.2. The number of phenols is 1. The summed E-state index contributed by atoms with van der Waals surface area (Å²) in [7, 11) is 1.66. The van der Waals surface area contributed by atoms with E-state index in [0.717, 1.165) is 44.6 Å². The van der Waals surface area contributed by atoms with Gasteiger partial charge in [0, 0.05) is 10.9 Å². The molecule has 0 fully saturated rings. The summed E-state index contributed by atoms with van der Waals surface area (Å²) in [6.07, 6.45) is 1.59. The number of hydrogen-bond acceptors (Lipinski definition) is 7. The first-order valence-corrected chi connectivity index (χ1v) is 13.5. The van der Waals surface area contributed by atoms with Crippen molar-refractivity contribution < 1.29 is 14.6 Å². The Morgan fingerprint density at radius 2 is 1.64 bits per heavy atom. The molecule has 3 aromatic heterocycles. The number of benzene rings is 4. The van der Waals surface area contributed by atoms with Crippen molar-refractivity contribution in [2.75, 3.05) is 7.11 Å². The summed E-state index contributed by atoms with van der Waals surface area (Å²) < 4.78 is 15.8. The van der Waals surface area contributed by atoms with Crippen molar-refractivity contribution in [3.63, 3.8) is 0 Å². The fourth-order valence-electron chi connectivity index (χ4n) is 5.89. The van der Waals surface area contributed by atoms with E-state index in [2.05, 4.69) is 0 Å². The van der Waals surface area contributed by atoms with Gasteiger partial charge in [-0.05, 0) is 36.6 Å². The maximum Gasteiger partial charge on any atom is 0.230 e. The van der Waals surface area contributed by atoms with Crippen LogP contribution in [0.5, 0.6) is 23.3 Å². The quantitative estimate of drug-likeness (QED) is 0.268. The van der Waals surface area contributed by atoms with Crippen LogP contribution in [0.4, 0.5) is 0 Å². The molecule has 9 nitrogen and oxygen atoms in total. The molecule has 7 aromatic rings. The average molecular weight is 553 g/mol. The van der Waals surface area contributed by atoms with Crippen molar-refractivity contribution in [3.05, 3.63) is 120 Å². The zero-order valence-electron chi connectivity index (χ0n) is 22.8. The van der Waals surface area contributed by atoms with Gasteiger partial charge in [-0.1, -0.05) is 66.7 Å². The second-order valence-corrected chi connectivity index (χ2v) is 10.2. The van der Waals surface area contributed by atoms with E-state index in [9.17, 15) is 5.11 Å². The molecule has 9 heteroatoms. The lowest BCUT2D eigenvalue weighted by atomic mass is 9.84. The molecule has 0 unspecified atom stereocenters. The van der Waals surface area contributed by atoms with Gasteiger partial charge in [-0.2, -0.15) is 5.10 Å². The number of aromatic nitrogens is 6. The van der Waals surface area contributed by atoms with Crippen LogP contribution in [0, 0.1) is 6.92 Å². The topological polar surface area (TPSA) is 99.6 Å². The minimum absolute atomic E-state index is 0.130. The number of aryl methyl sites for hydroxylation is 1. The predicted molar refractivity (Wildman–Crippen MR) is 158 cm³/mol. The second-order valence-electron chi connectivity index (χ2n) is 10.2. The number of nitrogens with zero attached hydrogens (tertiary/aromatic N) is 6. The molecule has 0 saturated carbocycles.